The van der Waals surface area contributed by atoms with Crippen LogP contribution in [0.1, 0.15) is 25.7 Å². The van der Waals surface area contributed by atoms with Crippen molar-refractivity contribution >= 4 is 17.5 Å². The van der Waals surface area contributed by atoms with Gasteiger partial charge in [-0.25, -0.2) is 0 Å². The standard InChI is InChI=1S/C15H20N2O3/c1-20-13-8-6-12(7-9-13)16-14(18)11-17-10-4-2-3-5-15(17)19/h6-9H,2-5,10-11H2,1H3,(H,16,18). The smallest absolute Gasteiger partial charge is 0.243 e. The molecule has 1 aliphatic rings. The Hall–Kier alpha value is -2.04. The molecule has 1 heterocycles. The summed E-state index contributed by atoms with van der Waals surface area (Å²) in [6.45, 7) is 0.805. The number of benzene rings is 1. The molecule has 0 bridgehead atoms. The monoisotopic (exact) mass is 276 g/mol. The Kier molecular flexibility index (Phi) is 4.98. The first kappa shape index (κ1) is 14.4. The molecule has 0 aliphatic carbocycles. The van der Waals surface area contributed by atoms with Crippen molar-refractivity contribution in [3.05, 3.63) is 24.3 Å². The maximum atomic E-state index is 12.0. The van der Waals surface area contributed by atoms with Crippen LogP contribution in [0.25, 0.3) is 0 Å². The average molecular weight is 276 g/mol. The van der Waals surface area contributed by atoms with Crippen LogP contribution in [0, 0.1) is 0 Å². The van der Waals surface area contributed by atoms with Crippen LogP contribution in [-0.4, -0.2) is 36.9 Å². The van der Waals surface area contributed by atoms with E-state index in [9.17, 15) is 9.59 Å². The quantitative estimate of drug-likeness (QED) is 0.915. The molecule has 20 heavy (non-hydrogen) atoms. The SMILES string of the molecule is COc1ccc(NC(=O)CN2CCCCCC2=O)cc1. The van der Waals surface area contributed by atoms with Crippen LogP contribution in [-0.2, 0) is 9.59 Å². The van der Waals surface area contributed by atoms with E-state index in [1.54, 1.807) is 36.3 Å². The molecule has 1 aromatic rings. The summed E-state index contributed by atoms with van der Waals surface area (Å²) in [7, 11) is 1.60. The van der Waals surface area contributed by atoms with E-state index < -0.39 is 0 Å². The first-order valence-electron chi connectivity index (χ1n) is 6.91. The number of hydrogen-bond donors (Lipinski definition) is 1. The third-order valence-electron chi connectivity index (χ3n) is 3.38. The van der Waals surface area contributed by atoms with Gasteiger partial charge in [-0.05, 0) is 37.1 Å². The minimum absolute atomic E-state index is 0.0763. The second-order valence-corrected chi connectivity index (χ2v) is 4.90. The number of carbonyl (C=O) groups is 2. The van der Waals surface area contributed by atoms with E-state index in [0.717, 1.165) is 25.0 Å². The molecular weight excluding hydrogens is 256 g/mol. The lowest BCUT2D eigenvalue weighted by Crippen LogP contribution is -2.37. The van der Waals surface area contributed by atoms with Gasteiger partial charge in [0.25, 0.3) is 0 Å². The van der Waals surface area contributed by atoms with Crippen molar-refractivity contribution < 1.29 is 14.3 Å². The second-order valence-electron chi connectivity index (χ2n) is 4.90. The predicted octanol–water partition coefficient (Wildman–Crippen LogP) is 2.04. The Balaban J connectivity index is 1.89. The first-order chi connectivity index (χ1) is 9.69. The number of likely N-dealkylation sites (tertiary alicyclic amines) is 1. The zero-order chi connectivity index (χ0) is 14.4. The Morgan fingerprint density at radius 2 is 2.00 bits per heavy atom. The number of rotatable bonds is 4. The predicted molar refractivity (Wildman–Crippen MR) is 76.7 cm³/mol. The van der Waals surface area contributed by atoms with Crippen LogP contribution in [0.4, 0.5) is 5.69 Å². The lowest BCUT2D eigenvalue weighted by Gasteiger charge is -2.19. The van der Waals surface area contributed by atoms with Crippen molar-refractivity contribution in [3.63, 3.8) is 0 Å². The molecule has 1 saturated heterocycles. The fourth-order valence-electron chi connectivity index (χ4n) is 2.25. The van der Waals surface area contributed by atoms with Crippen molar-refractivity contribution in [3.8, 4) is 5.75 Å². The van der Waals surface area contributed by atoms with Gasteiger partial charge in [-0.15, -0.1) is 0 Å². The first-order valence-corrected chi connectivity index (χ1v) is 6.91. The summed E-state index contributed by atoms with van der Waals surface area (Å²) in [6.07, 6.45) is 3.51. The van der Waals surface area contributed by atoms with Gasteiger partial charge in [0.2, 0.25) is 11.8 Å². The molecule has 0 spiro atoms. The second kappa shape index (κ2) is 6.93. The van der Waals surface area contributed by atoms with Crippen LogP contribution in [0.5, 0.6) is 5.75 Å². The van der Waals surface area contributed by atoms with E-state index in [-0.39, 0.29) is 18.4 Å². The summed E-state index contributed by atoms with van der Waals surface area (Å²) in [5.41, 5.74) is 0.707. The third-order valence-corrected chi connectivity index (χ3v) is 3.38. The summed E-state index contributed by atoms with van der Waals surface area (Å²) in [4.78, 5) is 25.4. The number of methoxy groups -OCH3 is 1. The highest BCUT2D eigenvalue weighted by Crippen LogP contribution is 2.15. The number of anilines is 1. The normalized spacial score (nSPS) is 15.7. The fraction of sp³-hybridized carbons (Fsp3) is 0.467. The molecule has 0 aromatic heterocycles. The summed E-state index contributed by atoms with van der Waals surface area (Å²) >= 11 is 0. The van der Waals surface area contributed by atoms with Crippen molar-refractivity contribution in [2.45, 2.75) is 25.7 Å². The molecule has 1 aliphatic heterocycles. The lowest BCUT2D eigenvalue weighted by atomic mass is 10.2. The molecule has 1 N–H and O–H groups in total. The highest BCUT2D eigenvalue weighted by Gasteiger charge is 2.19. The van der Waals surface area contributed by atoms with Gasteiger partial charge in [-0.3, -0.25) is 9.59 Å². The summed E-state index contributed by atoms with van der Waals surface area (Å²) in [5, 5.41) is 2.79. The van der Waals surface area contributed by atoms with Gasteiger partial charge in [0.1, 0.15) is 5.75 Å². The van der Waals surface area contributed by atoms with Crippen LogP contribution in [0.3, 0.4) is 0 Å². The molecule has 1 aromatic carbocycles. The lowest BCUT2D eigenvalue weighted by molar-refractivity contribution is -0.134. The molecule has 108 valence electrons. The van der Waals surface area contributed by atoms with Crippen LogP contribution >= 0.6 is 0 Å². The molecule has 0 unspecified atom stereocenters. The number of hydrogen-bond acceptors (Lipinski definition) is 3. The maximum Gasteiger partial charge on any atom is 0.243 e. The molecule has 5 nitrogen and oxygen atoms in total. The van der Waals surface area contributed by atoms with Gasteiger partial charge in [0, 0.05) is 18.7 Å². The summed E-state index contributed by atoms with van der Waals surface area (Å²) < 4.78 is 5.06. The Labute approximate surface area is 118 Å². The fourth-order valence-corrected chi connectivity index (χ4v) is 2.25. The zero-order valence-electron chi connectivity index (χ0n) is 11.7. The van der Waals surface area contributed by atoms with Gasteiger partial charge in [0.15, 0.2) is 0 Å². The van der Waals surface area contributed by atoms with Gasteiger partial charge in [0.05, 0.1) is 13.7 Å². The van der Waals surface area contributed by atoms with Gasteiger partial charge >= 0.3 is 0 Å². The molecule has 1 fully saturated rings. The summed E-state index contributed by atoms with van der Waals surface area (Å²) in [6, 6.07) is 7.13. The minimum Gasteiger partial charge on any atom is -0.497 e. The van der Waals surface area contributed by atoms with Crippen molar-refractivity contribution in [1.82, 2.24) is 4.90 Å². The van der Waals surface area contributed by atoms with E-state index in [1.165, 1.54) is 0 Å². The topological polar surface area (TPSA) is 58.6 Å². The van der Waals surface area contributed by atoms with E-state index in [0.29, 0.717) is 18.7 Å². The highest BCUT2D eigenvalue weighted by molar-refractivity contribution is 5.94. The van der Waals surface area contributed by atoms with Crippen LogP contribution < -0.4 is 10.1 Å². The van der Waals surface area contributed by atoms with Crippen molar-refractivity contribution in [1.29, 1.82) is 0 Å². The average Bonchev–Trinajstić information content (AvgIpc) is 2.65. The largest absolute Gasteiger partial charge is 0.497 e. The maximum absolute atomic E-state index is 12.0. The number of amides is 2. The van der Waals surface area contributed by atoms with E-state index in [2.05, 4.69) is 5.32 Å². The molecule has 2 rings (SSSR count). The van der Waals surface area contributed by atoms with E-state index in [4.69, 9.17) is 4.74 Å². The highest BCUT2D eigenvalue weighted by atomic mass is 16.5. The molecule has 5 heteroatoms. The van der Waals surface area contributed by atoms with Crippen LogP contribution in [0.2, 0.25) is 0 Å². The minimum atomic E-state index is -0.162. The number of ether oxygens (including phenoxy) is 1. The van der Waals surface area contributed by atoms with E-state index >= 15 is 0 Å². The number of nitrogens with one attached hydrogen (secondary N) is 1. The molecule has 0 atom stereocenters. The van der Waals surface area contributed by atoms with Gasteiger partial charge in [-0.2, -0.15) is 0 Å². The van der Waals surface area contributed by atoms with E-state index in [1.807, 2.05) is 0 Å². The van der Waals surface area contributed by atoms with Crippen LogP contribution in [0.15, 0.2) is 24.3 Å². The zero-order valence-corrected chi connectivity index (χ0v) is 11.7. The molecular formula is C15H20N2O3. The van der Waals surface area contributed by atoms with Gasteiger partial charge in [-0.1, -0.05) is 6.42 Å². The number of carbonyl (C=O) groups excluding carboxylic acids is 2. The Bertz CT molecular complexity index is 471. The molecule has 2 amide bonds. The van der Waals surface area contributed by atoms with Crippen molar-refractivity contribution in [2.75, 3.05) is 25.5 Å². The summed E-state index contributed by atoms with van der Waals surface area (Å²) in [5.74, 6) is 0.656. The third kappa shape index (κ3) is 3.98. The Morgan fingerprint density at radius 1 is 1.25 bits per heavy atom. The Morgan fingerprint density at radius 3 is 2.70 bits per heavy atom. The van der Waals surface area contributed by atoms with Gasteiger partial charge < -0.3 is 15.0 Å². The molecule has 0 radical (unpaired) electrons. The number of nitrogens with zero attached hydrogens (tertiary/aromatic N) is 1. The van der Waals surface area contributed by atoms with Crippen molar-refractivity contribution in [2.24, 2.45) is 0 Å². The molecule has 0 saturated carbocycles.